The maximum atomic E-state index is 10.9. The number of thioether (sulfide) groups is 1. The van der Waals surface area contributed by atoms with Gasteiger partial charge in [-0.05, 0) is 25.2 Å². The van der Waals surface area contributed by atoms with Crippen LogP contribution < -0.4 is 0 Å². The molecule has 0 radical (unpaired) electrons. The second-order valence-corrected chi connectivity index (χ2v) is 7.28. The van der Waals surface area contributed by atoms with Crippen molar-refractivity contribution in [1.82, 2.24) is 0 Å². The number of hydrogen-bond donors (Lipinski definition) is 0. The lowest BCUT2D eigenvalue weighted by molar-refractivity contribution is 0.583. The maximum absolute atomic E-state index is 10.9. The Balaban J connectivity index is 2.42. The van der Waals surface area contributed by atoms with Gasteiger partial charge in [-0.1, -0.05) is 6.08 Å². The molecular weight excluding hydrogens is 192 g/mol. The van der Waals surface area contributed by atoms with E-state index in [1.807, 2.05) is 0 Å². The first-order chi connectivity index (χ1) is 5.41. The molecule has 1 rings (SSSR count). The molecule has 0 N–H and O–H groups in total. The summed E-state index contributed by atoms with van der Waals surface area (Å²) in [5.74, 6) is 0.304. The fraction of sp³-hybridized carbons (Fsp3) is 0.750. The largest absolute Gasteiger partial charge is 0.229 e. The average Bonchev–Trinajstić information content (AvgIpc) is 2.32. The Bertz CT molecular complexity index is 269. The summed E-state index contributed by atoms with van der Waals surface area (Å²) in [5, 5.41) is 2.06. The lowest BCUT2D eigenvalue weighted by Crippen LogP contribution is -2.20. The van der Waals surface area contributed by atoms with Gasteiger partial charge in [-0.15, -0.1) is 11.8 Å². The second-order valence-electron chi connectivity index (χ2n) is 3.52. The number of sulfone groups is 1. The van der Waals surface area contributed by atoms with Crippen LogP contribution in [-0.4, -0.2) is 25.2 Å². The van der Waals surface area contributed by atoms with Crippen LogP contribution in [0.4, 0.5) is 0 Å². The Morgan fingerprint density at radius 2 is 2.25 bits per heavy atom. The Labute approximate surface area is 78.3 Å². The van der Waals surface area contributed by atoms with Crippen LogP contribution in [0.3, 0.4) is 0 Å². The molecule has 0 bridgehead atoms. The summed E-state index contributed by atoms with van der Waals surface area (Å²) < 4.78 is 21.9. The Kier molecular flexibility index (Phi) is 2.88. The van der Waals surface area contributed by atoms with Crippen LogP contribution in [0.25, 0.3) is 0 Å². The molecule has 0 saturated heterocycles. The Morgan fingerprint density at radius 3 is 2.67 bits per heavy atom. The molecule has 2 nitrogen and oxygen atoms in total. The fourth-order valence-corrected chi connectivity index (χ4v) is 3.00. The van der Waals surface area contributed by atoms with Crippen LogP contribution in [0.1, 0.15) is 19.8 Å². The van der Waals surface area contributed by atoms with Crippen LogP contribution in [0.2, 0.25) is 0 Å². The molecule has 0 aromatic rings. The highest BCUT2D eigenvalue weighted by Gasteiger charge is 2.27. The zero-order valence-electron chi connectivity index (χ0n) is 7.41. The topological polar surface area (TPSA) is 34.1 Å². The van der Waals surface area contributed by atoms with E-state index in [0.717, 1.165) is 12.8 Å². The van der Waals surface area contributed by atoms with E-state index in [1.54, 1.807) is 11.8 Å². The summed E-state index contributed by atoms with van der Waals surface area (Å²) in [6.07, 6.45) is 5.15. The molecule has 4 heteroatoms. The summed E-state index contributed by atoms with van der Waals surface area (Å²) in [7, 11) is -2.79. The summed E-state index contributed by atoms with van der Waals surface area (Å²) in [4.78, 5) is 0. The predicted octanol–water partition coefficient (Wildman–Crippen LogP) is 1.83. The third-order valence-corrected chi connectivity index (χ3v) is 4.21. The van der Waals surface area contributed by atoms with E-state index in [2.05, 4.69) is 18.4 Å². The molecule has 1 unspecified atom stereocenters. The Morgan fingerprint density at radius 1 is 1.58 bits per heavy atom. The van der Waals surface area contributed by atoms with Crippen LogP contribution in [-0.2, 0) is 9.84 Å². The van der Waals surface area contributed by atoms with Crippen molar-refractivity contribution in [3.05, 3.63) is 11.5 Å². The number of allylic oxidation sites excluding steroid dienone is 1. The van der Waals surface area contributed by atoms with Crippen molar-refractivity contribution in [3.63, 3.8) is 0 Å². The number of rotatable bonds is 3. The highest BCUT2D eigenvalue weighted by Crippen LogP contribution is 2.38. The maximum Gasteiger partial charge on any atom is 0.147 e. The minimum Gasteiger partial charge on any atom is -0.229 e. The van der Waals surface area contributed by atoms with Crippen LogP contribution >= 0.6 is 11.8 Å². The molecule has 0 aromatic heterocycles. The molecule has 0 saturated carbocycles. The fourth-order valence-electron chi connectivity index (χ4n) is 1.12. The standard InChI is InChI=1S/C8H14O2S2/c1-8(4-3-6-11-8)5-7-12(2,9)10/h3,6H,4-5,7H2,1-2H3. The van der Waals surface area contributed by atoms with Gasteiger partial charge in [0, 0.05) is 11.0 Å². The van der Waals surface area contributed by atoms with Crippen molar-refractivity contribution in [2.45, 2.75) is 24.5 Å². The van der Waals surface area contributed by atoms with Gasteiger partial charge in [0.2, 0.25) is 0 Å². The van der Waals surface area contributed by atoms with Gasteiger partial charge in [0.25, 0.3) is 0 Å². The van der Waals surface area contributed by atoms with E-state index < -0.39 is 9.84 Å². The molecule has 0 spiro atoms. The Hall–Kier alpha value is 0.0400. The van der Waals surface area contributed by atoms with Crippen molar-refractivity contribution in [3.8, 4) is 0 Å². The van der Waals surface area contributed by atoms with Crippen molar-refractivity contribution in [2.24, 2.45) is 0 Å². The van der Waals surface area contributed by atoms with Gasteiger partial charge < -0.3 is 0 Å². The molecule has 12 heavy (non-hydrogen) atoms. The van der Waals surface area contributed by atoms with Crippen LogP contribution in [0, 0.1) is 0 Å². The first-order valence-electron chi connectivity index (χ1n) is 3.92. The van der Waals surface area contributed by atoms with Gasteiger partial charge >= 0.3 is 0 Å². The third kappa shape index (κ3) is 3.19. The lowest BCUT2D eigenvalue weighted by Gasteiger charge is -2.21. The molecule has 0 aromatic carbocycles. The molecule has 0 aliphatic carbocycles. The molecular formula is C8H14O2S2. The van der Waals surface area contributed by atoms with Crippen molar-refractivity contribution in [1.29, 1.82) is 0 Å². The van der Waals surface area contributed by atoms with E-state index in [1.165, 1.54) is 6.26 Å². The molecule has 1 aliphatic rings. The normalized spacial score (nSPS) is 29.5. The minimum atomic E-state index is -2.79. The van der Waals surface area contributed by atoms with Crippen molar-refractivity contribution < 1.29 is 8.42 Å². The predicted molar refractivity (Wildman–Crippen MR) is 54.1 cm³/mol. The monoisotopic (exact) mass is 206 g/mol. The first kappa shape index (κ1) is 10.1. The van der Waals surface area contributed by atoms with Gasteiger partial charge in [-0.3, -0.25) is 0 Å². The SMILES string of the molecule is CC1(CCS(C)(=O)=O)CC=CS1. The van der Waals surface area contributed by atoms with Gasteiger partial charge in [0.15, 0.2) is 0 Å². The van der Waals surface area contributed by atoms with Crippen molar-refractivity contribution in [2.75, 3.05) is 12.0 Å². The zero-order chi connectivity index (χ0) is 9.24. The molecule has 70 valence electrons. The molecule has 1 heterocycles. The zero-order valence-corrected chi connectivity index (χ0v) is 9.04. The van der Waals surface area contributed by atoms with Crippen LogP contribution in [0.15, 0.2) is 11.5 Å². The number of hydrogen-bond acceptors (Lipinski definition) is 3. The second kappa shape index (κ2) is 3.42. The van der Waals surface area contributed by atoms with Gasteiger partial charge in [0.1, 0.15) is 9.84 Å². The van der Waals surface area contributed by atoms with Gasteiger partial charge in [-0.2, -0.15) is 0 Å². The highest BCUT2D eigenvalue weighted by atomic mass is 32.2. The summed E-state index contributed by atoms with van der Waals surface area (Å²) in [5.41, 5.74) is 0. The average molecular weight is 206 g/mol. The van der Waals surface area contributed by atoms with E-state index in [0.29, 0.717) is 5.75 Å². The van der Waals surface area contributed by atoms with E-state index in [-0.39, 0.29) is 4.75 Å². The third-order valence-electron chi connectivity index (χ3n) is 2.00. The molecule has 0 amide bonds. The smallest absolute Gasteiger partial charge is 0.147 e. The summed E-state index contributed by atoms with van der Waals surface area (Å²) in [6, 6.07) is 0. The minimum absolute atomic E-state index is 0.128. The summed E-state index contributed by atoms with van der Waals surface area (Å²) in [6.45, 7) is 2.11. The van der Waals surface area contributed by atoms with E-state index in [4.69, 9.17) is 0 Å². The van der Waals surface area contributed by atoms with Crippen molar-refractivity contribution >= 4 is 21.6 Å². The highest BCUT2D eigenvalue weighted by molar-refractivity contribution is 8.03. The summed E-state index contributed by atoms with van der Waals surface area (Å²) >= 11 is 1.74. The molecule has 1 atom stereocenters. The first-order valence-corrected chi connectivity index (χ1v) is 6.86. The molecule has 1 aliphatic heterocycles. The van der Waals surface area contributed by atoms with Gasteiger partial charge in [0.05, 0.1) is 5.75 Å². The molecule has 0 fully saturated rings. The van der Waals surface area contributed by atoms with E-state index >= 15 is 0 Å². The quantitative estimate of drug-likeness (QED) is 0.706. The van der Waals surface area contributed by atoms with Gasteiger partial charge in [-0.25, -0.2) is 8.42 Å². The van der Waals surface area contributed by atoms with Crippen LogP contribution in [0.5, 0.6) is 0 Å². The lowest BCUT2D eigenvalue weighted by atomic mass is 10.0. The van der Waals surface area contributed by atoms with E-state index in [9.17, 15) is 8.42 Å².